The Kier molecular flexibility index (Phi) is 11.4. The van der Waals surface area contributed by atoms with Crippen LogP contribution in [-0.4, -0.2) is 67.7 Å². The molecule has 6 N–H and O–H groups in total. The Morgan fingerprint density at radius 2 is 1.65 bits per heavy atom. The van der Waals surface area contributed by atoms with Gasteiger partial charge in [-0.2, -0.15) is 0 Å². The van der Waals surface area contributed by atoms with Crippen molar-refractivity contribution in [3.8, 4) is 45.6 Å². The predicted octanol–water partition coefficient (Wildman–Crippen LogP) is 7.27. The van der Waals surface area contributed by atoms with E-state index in [-0.39, 0.29) is 49.7 Å². The van der Waals surface area contributed by atoms with E-state index in [2.05, 4.69) is 41.8 Å². The Bertz CT molecular complexity index is 2100. The molecule has 4 aliphatic rings. The molecule has 1 saturated carbocycles. The van der Waals surface area contributed by atoms with Crippen LogP contribution in [0.5, 0.6) is 34.5 Å². The summed E-state index contributed by atoms with van der Waals surface area (Å²) in [5, 5.41) is 52.0. The number of hydrogen-bond acceptors (Lipinski definition) is 11. The van der Waals surface area contributed by atoms with Gasteiger partial charge in [-0.25, -0.2) is 0 Å². The first-order chi connectivity index (χ1) is 27.8. The number of hydrogen-bond donors (Lipinski definition) is 6. The topological polar surface area (TPSA) is 151 Å². The lowest BCUT2D eigenvalue weighted by molar-refractivity contribution is 0.0876. The maximum Gasteiger partial charge on any atom is 0.200 e. The Balaban J connectivity index is 1.08. The quantitative estimate of drug-likeness (QED) is 0.0534. The van der Waals surface area contributed by atoms with Crippen molar-refractivity contribution in [3.63, 3.8) is 0 Å². The molecule has 5 atom stereocenters. The zero-order valence-corrected chi connectivity index (χ0v) is 33.4. The molecule has 0 aromatic heterocycles. The number of aliphatic hydroxyl groups is 3. The van der Waals surface area contributed by atoms with Gasteiger partial charge in [-0.3, -0.25) is 5.32 Å². The third kappa shape index (κ3) is 7.24. The van der Waals surface area contributed by atoms with E-state index in [4.69, 9.17) is 23.7 Å². The van der Waals surface area contributed by atoms with Gasteiger partial charge in [-0.1, -0.05) is 51.0 Å². The van der Waals surface area contributed by atoms with E-state index in [1.165, 1.54) is 43.9 Å². The number of fused-ring (bicyclic) bond motifs is 2. The molecule has 0 amide bonds. The maximum absolute atomic E-state index is 12.3. The van der Waals surface area contributed by atoms with E-state index in [9.17, 15) is 20.4 Å². The molecular weight excluding hydrogens is 725 g/mol. The molecule has 4 aromatic carbocycles. The van der Waals surface area contributed by atoms with E-state index in [0.29, 0.717) is 65.0 Å². The van der Waals surface area contributed by atoms with E-state index in [1.54, 1.807) is 19.2 Å². The van der Waals surface area contributed by atoms with Crippen LogP contribution in [0, 0.1) is 11.8 Å². The molecule has 0 saturated heterocycles. The van der Waals surface area contributed by atoms with Gasteiger partial charge in [0.2, 0.25) is 5.75 Å². The number of phenolic OH excluding ortho intramolecular Hbond substituents is 1. The van der Waals surface area contributed by atoms with Crippen molar-refractivity contribution in [2.45, 2.75) is 83.0 Å². The number of nitrogens with one attached hydrogen (secondary N) is 2. The first-order valence-electron chi connectivity index (χ1n) is 20.5. The SMILES string of the molecule is CCNCOc1cc(OC)c2c3c1[C@H](O)Nc1cc4c(c(c1-3)CC2)[C@@H](O)[C@H](c1cc(OC)c(O)c(OC[C@H](CO)Cc2ccccc2[C@H](C)C2CCCC2)c1)CO4. The van der Waals surface area contributed by atoms with E-state index in [1.807, 2.05) is 19.1 Å². The Morgan fingerprint density at radius 1 is 0.895 bits per heavy atom. The minimum Gasteiger partial charge on any atom is -0.502 e. The first-order valence-corrected chi connectivity index (χ1v) is 20.5. The first kappa shape index (κ1) is 39.2. The molecule has 0 bridgehead atoms. The molecule has 2 heterocycles. The number of benzene rings is 4. The number of rotatable bonds is 15. The fourth-order valence-electron chi connectivity index (χ4n) is 9.73. The summed E-state index contributed by atoms with van der Waals surface area (Å²) in [5.41, 5.74) is 8.97. The highest BCUT2D eigenvalue weighted by Gasteiger charge is 2.41. The molecule has 2 aliphatic heterocycles. The van der Waals surface area contributed by atoms with Gasteiger partial charge >= 0.3 is 0 Å². The van der Waals surface area contributed by atoms with E-state index >= 15 is 0 Å². The highest BCUT2D eigenvalue weighted by atomic mass is 16.5. The summed E-state index contributed by atoms with van der Waals surface area (Å²) in [6.07, 6.45) is 5.00. The Hall–Kier alpha value is -4.68. The van der Waals surface area contributed by atoms with Crippen LogP contribution in [0.1, 0.15) is 103 Å². The standard InChI is InChI=1S/C46H56N2O9/c1-5-47-24-57-37-20-35(53-3)31-14-15-32-40-34(48-46(52)43(37)42(31)40)19-36-41(32)44(50)33(23-56-36)29-17-38(54-4)45(51)39(18-29)55-22-26(21-49)16-28-12-8-9-13-30(28)25(2)27-10-6-7-11-27/h8-9,12-13,17-20,25-27,33,44,46-52H,5-7,10-11,14-16,21-24H2,1-4H3/t25-,26+,33+,44+,46+/m1/s1. The van der Waals surface area contributed by atoms with Crippen molar-refractivity contribution < 1.29 is 44.1 Å². The van der Waals surface area contributed by atoms with Gasteiger partial charge in [0.05, 0.1) is 39.1 Å². The third-order valence-corrected chi connectivity index (χ3v) is 12.8. The van der Waals surface area contributed by atoms with Gasteiger partial charge in [0.15, 0.2) is 17.7 Å². The summed E-state index contributed by atoms with van der Waals surface area (Å²) in [7, 11) is 3.13. The molecule has 0 unspecified atom stereocenters. The largest absolute Gasteiger partial charge is 0.502 e. The second-order valence-electron chi connectivity index (χ2n) is 16.0. The molecule has 57 heavy (non-hydrogen) atoms. The highest BCUT2D eigenvalue weighted by molar-refractivity contribution is 5.93. The summed E-state index contributed by atoms with van der Waals surface area (Å²) in [4.78, 5) is 0. The van der Waals surface area contributed by atoms with Crippen LogP contribution in [0.15, 0.2) is 48.5 Å². The van der Waals surface area contributed by atoms with Crippen LogP contribution in [0.25, 0.3) is 11.1 Å². The molecular formula is C46H56N2O9. The number of ether oxygens (including phenoxy) is 5. The van der Waals surface area contributed by atoms with Gasteiger partial charge in [0, 0.05) is 58.5 Å². The minimum absolute atomic E-state index is 0.0748. The molecule has 8 rings (SSSR count). The zero-order chi connectivity index (χ0) is 39.8. The van der Waals surface area contributed by atoms with Crippen LogP contribution < -0.4 is 34.3 Å². The van der Waals surface area contributed by atoms with E-state index < -0.39 is 18.2 Å². The van der Waals surface area contributed by atoms with Gasteiger partial charge in [0.25, 0.3) is 0 Å². The normalized spacial score (nSPS) is 20.4. The van der Waals surface area contributed by atoms with Crippen LogP contribution in [0.3, 0.4) is 0 Å². The lowest BCUT2D eigenvalue weighted by Crippen LogP contribution is -2.29. The summed E-state index contributed by atoms with van der Waals surface area (Å²) in [6.45, 7) is 5.59. The van der Waals surface area contributed by atoms with Gasteiger partial charge in [-0.15, -0.1) is 0 Å². The lowest BCUT2D eigenvalue weighted by atomic mass is 9.74. The summed E-state index contributed by atoms with van der Waals surface area (Å²) in [6, 6.07) is 15.7. The average Bonchev–Trinajstić information content (AvgIpc) is 3.77. The molecule has 304 valence electrons. The third-order valence-electron chi connectivity index (χ3n) is 12.8. The fraction of sp³-hybridized carbons (Fsp3) is 0.478. The van der Waals surface area contributed by atoms with Crippen LogP contribution in [-0.2, 0) is 19.3 Å². The average molecular weight is 781 g/mol. The number of aromatic hydroxyl groups is 1. The molecule has 11 nitrogen and oxygen atoms in total. The summed E-state index contributed by atoms with van der Waals surface area (Å²) in [5.74, 6) is 2.46. The molecule has 0 spiro atoms. The molecule has 11 heteroatoms. The van der Waals surface area contributed by atoms with Crippen molar-refractivity contribution >= 4 is 5.69 Å². The summed E-state index contributed by atoms with van der Waals surface area (Å²) >= 11 is 0. The van der Waals surface area contributed by atoms with Crippen molar-refractivity contribution in [2.75, 3.05) is 52.6 Å². The van der Waals surface area contributed by atoms with E-state index in [0.717, 1.165) is 34.5 Å². The summed E-state index contributed by atoms with van der Waals surface area (Å²) < 4.78 is 30.3. The highest BCUT2D eigenvalue weighted by Crippen LogP contribution is 2.57. The van der Waals surface area contributed by atoms with Crippen LogP contribution in [0.2, 0.25) is 0 Å². The molecule has 1 fully saturated rings. The molecule has 4 aromatic rings. The number of anilines is 1. The predicted molar refractivity (Wildman–Crippen MR) is 218 cm³/mol. The smallest absolute Gasteiger partial charge is 0.200 e. The molecule has 2 aliphatic carbocycles. The minimum atomic E-state index is -1.03. The lowest BCUT2D eigenvalue weighted by Gasteiger charge is -2.39. The monoisotopic (exact) mass is 780 g/mol. The zero-order valence-electron chi connectivity index (χ0n) is 33.4. The Morgan fingerprint density at radius 3 is 2.40 bits per heavy atom. The van der Waals surface area contributed by atoms with Gasteiger partial charge < -0.3 is 49.4 Å². The second kappa shape index (κ2) is 16.7. The van der Waals surface area contributed by atoms with Gasteiger partial charge in [-0.05, 0) is 84.9 Å². The van der Waals surface area contributed by atoms with Crippen LogP contribution >= 0.6 is 0 Å². The second-order valence-corrected chi connectivity index (χ2v) is 16.0. The Labute approximate surface area is 334 Å². The fourth-order valence-corrected chi connectivity index (χ4v) is 9.73. The van der Waals surface area contributed by atoms with Crippen molar-refractivity contribution in [1.82, 2.24) is 5.32 Å². The van der Waals surface area contributed by atoms with Gasteiger partial charge in [0.1, 0.15) is 24.0 Å². The van der Waals surface area contributed by atoms with Crippen molar-refractivity contribution in [1.29, 1.82) is 0 Å². The van der Waals surface area contributed by atoms with Crippen LogP contribution in [0.4, 0.5) is 5.69 Å². The maximum atomic E-state index is 12.3. The number of aliphatic hydroxyl groups excluding tert-OH is 3. The van der Waals surface area contributed by atoms with Crippen molar-refractivity contribution in [3.05, 3.63) is 87.5 Å². The number of phenols is 1. The molecule has 0 radical (unpaired) electrons. The number of methoxy groups -OCH3 is 2. The van der Waals surface area contributed by atoms with Crippen molar-refractivity contribution in [2.24, 2.45) is 11.8 Å².